The van der Waals surface area contributed by atoms with Crippen LogP contribution in [-0.2, 0) is 11.3 Å². The van der Waals surface area contributed by atoms with Crippen LogP contribution in [0.25, 0.3) is 11.3 Å². The van der Waals surface area contributed by atoms with Gasteiger partial charge in [0, 0.05) is 31.7 Å². The van der Waals surface area contributed by atoms with Crippen LogP contribution in [0.1, 0.15) is 12.0 Å². The molecule has 5 nitrogen and oxygen atoms in total. The first-order valence-corrected chi connectivity index (χ1v) is 6.85. The average molecular weight is 273 g/mol. The molecule has 1 aromatic carbocycles. The van der Waals surface area contributed by atoms with E-state index in [1.807, 2.05) is 24.4 Å². The lowest BCUT2D eigenvalue weighted by Gasteiger charge is -2.20. The first-order valence-electron chi connectivity index (χ1n) is 6.85. The molecule has 2 heterocycles. The van der Waals surface area contributed by atoms with Crippen LogP contribution in [0.5, 0.6) is 0 Å². The number of rotatable bonds is 5. The van der Waals surface area contributed by atoms with Crippen molar-refractivity contribution in [1.29, 1.82) is 0 Å². The van der Waals surface area contributed by atoms with Gasteiger partial charge in [-0.2, -0.15) is 5.10 Å². The third-order valence-corrected chi connectivity index (χ3v) is 3.63. The van der Waals surface area contributed by atoms with Gasteiger partial charge in [0.25, 0.3) is 0 Å². The highest BCUT2D eigenvalue weighted by Gasteiger charge is 2.31. The van der Waals surface area contributed by atoms with Gasteiger partial charge in [-0.05, 0) is 5.56 Å². The third-order valence-electron chi connectivity index (χ3n) is 3.63. The van der Waals surface area contributed by atoms with E-state index in [1.54, 1.807) is 0 Å². The second-order valence-electron chi connectivity index (χ2n) is 5.27. The maximum atomic E-state index is 10.2. The number of nitrogens with one attached hydrogen (secondary N) is 2. The molecule has 0 radical (unpaired) electrons. The van der Waals surface area contributed by atoms with Crippen molar-refractivity contribution in [1.82, 2.24) is 15.5 Å². The molecule has 1 saturated heterocycles. The zero-order valence-electron chi connectivity index (χ0n) is 11.3. The first-order chi connectivity index (χ1) is 9.77. The van der Waals surface area contributed by atoms with Gasteiger partial charge in [-0.15, -0.1) is 0 Å². The molecule has 106 valence electrons. The van der Waals surface area contributed by atoms with Gasteiger partial charge in [0.1, 0.15) is 5.60 Å². The second-order valence-corrected chi connectivity index (χ2v) is 5.27. The number of aromatic nitrogens is 2. The highest BCUT2D eigenvalue weighted by atomic mass is 16.5. The quantitative estimate of drug-likeness (QED) is 0.768. The maximum Gasteiger partial charge on any atom is 0.102 e. The molecule has 1 unspecified atom stereocenters. The number of aliphatic hydroxyl groups is 1. The van der Waals surface area contributed by atoms with Crippen LogP contribution in [0.4, 0.5) is 0 Å². The highest BCUT2D eigenvalue weighted by molar-refractivity contribution is 5.62. The molecule has 0 spiro atoms. The van der Waals surface area contributed by atoms with Crippen LogP contribution in [0.15, 0.2) is 36.5 Å². The van der Waals surface area contributed by atoms with E-state index < -0.39 is 5.60 Å². The lowest BCUT2D eigenvalue weighted by atomic mass is 10.0. The summed E-state index contributed by atoms with van der Waals surface area (Å²) in [4.78, 5) is 0. The Hall–Kier alpha value is -1.69. The average Bonchev–Trinajstić information content (AvgIpc) is 3.10. The van der Waals surface area contributed by atoms with Gasteiger partial charge in [0.15, 0.2) is 0 Å². The Morgan fingerprint density at radius 2 is 2.20 bits per heavy atom. The number of aromatic amines is 1. The summed E-state index contributed by atoms with van der Waals surface area (Å²) in [6.07, 6.45) is 2.52. The lowest BCUT2D eigenvalue weighted by molar-refractivity contribution is 0.0268. The fourth-order valence-corrected chi connectivity index (χ4v) is 2.47. The van der Waals surface area contributed by atoms with Gasteiger partial charge >= 0.3 is 0 Å². The second kappa shape index (κ2) is 5.75. The molecule has 1 aromatic heterocycles. The lowest BCUT2D eigenvalue weighted by Crippen LogP contribution is -2.40. The molecule has 0 bridgehead atoms. The van der Waals surface area contributed by atoms with Gasteiger partial charge in [-0.25, -0.2) is 0 Å². The fraction of sp³-hybridized carbons (Fsp3) is 0.400. The van der Waals surface area contributed by atoms with Crippen LogP contribution in [0.2, 0.25) is 0 Å². The van der Waals surface area contributed by atoms with Crippen molar-refractivity contribution in [3.63, 3.8) is 0 Å². The SMILES string of the molecule is OC1(CNCc2cn[nH]c2-c2ccccc2)CCOC1. The van der Waals surface area contributed by atoms with Gasteiger partial charge in [-0.3, -0.25) is 5.10 Å². The Labute approximate surface area is 118 Å². The predicted molar refractivity (Wildman–Crippen MR) is 76.1 cm³/mol. The summed E-state index contributed by atoms with van der Waals surface area (Å²) in [5.74, 6) is 0. The summed E-state index contributed by atoms with van der Waals surface area (Å²) in [5.41, 5.74) is 2.51. The summed E-state index contributed by atoms with van der Waals surface area (Å²) in [6.45, 7) is 2.26. The van der Waals surface area contributed by atoms with Crippen LogP contribution >= 0.6 is 0 Å². The number of nitrogens with zero attached hydrogens (tertiary/aromatic N) is 1. The molecule has 0 saturated carbocycles. The summed E-state index contributed by atoms with van der Waals surface area (Å²) in [6, 6.07) is 10.1. The van der Waals surface area contributed by atoms with Gasteiger partial charge in [-0.1, -0.05) is 30.3 Å². The molecule has 2 aromatic rings. The van der Waals surface area contributed by atoms with Crippen molar-refractivity contribution in [2.75, 3.05) is 19.8 Å². The van der Waals surface area contributed by atoms with Crippen molar-refractivity contribution in [2.45, 2.75) is 18.6 Å². The van der Waals surface area contributed by atoms with Crippen molar-refractivity contribution >= 4 is 0 Å². The van der Waals surface area contributed by atoms with E-state index in [0.717, 1.165) is 16.8 Å². The Kier molecular flexibility index (Phi) is 3.82. The van der Waals surface area contributed by atoms with Gasteiger partial charge in [0.05, 0.1) is 18.5 Å². The van der Waals surface area contributed by atoms with Crippen molar-refractivity contribution in [3.8, 4) is 11.3 Å². The van der Waals surface area contributed by atoms with Crippen molar-refractivity contribution < 1.29 is 9.84 Å². The zero-order chi connectivity index (χ0) is 13.8. The topological polar surface area (TPSA) is 70.2 Å². The van der Waals surface area contributed by atoms with Gasteiger partial charge < -0.3 is 15.2 Å². The van der Waals surface area contributed by atoms with Gasteiger partial charge in [0.2, 0.25) is 0 Å². The molecule has 1 atom stereocenters. The standard InChI is InChI=1S/C15H19N3O2/c19-15(6-7-20-11-15)10-16-8-13-9-17-18-14(13)12-4-2-1-3-5-12/h1-5,9,16,19H,6-8,10-11H2,(H,17,18). The third kappa shape index (κ3) is 2.90. The van der Waals surface area contributed by atoms with Crippen LogP contribution in [0, 0.1) is 0 Å². The number of hydrogen-bond acceptors (Lipinski definition) is 4. The minimum Gasteiger partial charge on any atom is -0.386 e. The number of hydrogen-bond donors (Lipinski definition) is 3. The summed E-state index contributed by atoms with van der Waals surface area (Å²) < 4.78 is 5.23. The number of benzene rings is 1. The van der Waals surface area contributed by atoms with Crippen molar-refractivity contribution in [2.24, 2.45) is 0 Å². The minimum atomic E-state index is -0.726. The largest absolute Gasteiger partial charge is 0.386 e. The number of ether oxygens (including phenoxy) is 1. The predicted octanol–water partition coefficient (Wildman–Crippen LogP) is 1.32. The fourth-order valence-electron chi connectivity index (χ4n) is 2.47. The van der Waals surface area contributed by atoms with Crippen LogP contribution in [0.3, 0.4) is 0 Å². The maximum absolute atomic E-state index is 10.2. The molecule has 20 heavy (non-hydrogen) atoms. The summed E-state index contributed by atoms with van der Waals surface area (Å²) in [7, 11) is 0. The Morgan fingerprint density at radius 1 is 1.35 bits per heavy atom. The Balaban J connectivity index is 1.63. The van der Waals surface area contributed by atoms with E-state index in [2.05, 4.69) is 27.6 Å². The highest BCUT2D eigenvalue weighted by Crippen LogP contribution is 2.21. The summed E-state index contributed by atoms with van der Waals surface area (Å²) in [5, 5.41) is 20.6. The minimum absolute atomic E-state index is 0.414. The molecule has 0 aliphatic carbocycles. The smallest absolute Gasteiger partial charge is 0.102 e. The molecule has 1 aliphatic rings. The van der Waals surface area contributed by atoms with E-state index >= 15 is 0 Å². The zero-order valence-corrected chi connectivity index (χ0v) is 11.3. The monoisotopic (exact) mass is 273 g/mol. The van der Waals surface area contributed by atoms with Crippen LogP contribution in [-0.4, -0.2) is 40.7 Å². The first kappa shape index (κ1) is 13.3. The van der Waals surface area contributed by atoms with Crippen molar-refractivity contribution in [3.05, 3.63) is 42.1 Å². The van der Waals surface area contributed by atoms with E-state index in [-0.39, 0.29) is 0 Å². The molecule has 1 fully saturated rings. The Bertz CT molecular complexity index is 547. The van der Waals surface area contributed by atoms with E-state index in [0.29, 0.717) is 32.7 Å². The van der Waals surface area contributed by atoms with E-state index in [1.165, 1.54) is 0 Å². The summed E-state index contributed by atoms with van der Waals surface area (Å²) >= 11 is 0. The molecule has 3 rings (SSSR count). The normalized spacial score (nSPS) is 22.2. The number of H-pyrrole nitrogens is 1. The molecule has 1 aliphatic heterocycles. The van der Waals surface area contributed by atoms with E-state index in [9.17, 15) is 5.11 Å². The molecular weight excluding hydrogens is 254 g/mol. The Morgan fingerprint density at radius 3 is 2.95 bits per heavy atom. The molecular formula is C15H19N3O2. The molecule has 0 amide bonds. The van der Waals surface area contributed by atoms with Crippen LogP contribution < -0.4 is 5.32 Å². The molecule has 3 N–H and O–H groups in total. The van der Waals surface area contributed by atoms with E-state index in [4.69, 9.17) is 4.74 Å². The molecule has 5 heteroatoms.